The zero-order chi connectivity index (χ0) is 32.2. The summed E-state index contributed by atoms with van der Waals surface area (Å²) in [6.45, 7) is 17.6. The van der Waals surface area contributed by atoms with Gasteiger partial charge in [-0.05, 0) is 120 Å². The van der Waals surface area contributed by atoms with Crippen LogP contribution < -0.4 is 9.47 Å². The largest absolute Gasteiger partial charge is 0.490 e. The third-order valence-corrected chi connectivity index (χ3v) is 7.42. The Morgan fingerprint density at radius 1 is 0.837 bits per heavy atom. The van der Waals surface area contributed by atoms with E-state index in [0.717, 1.165) is 35.1 Å². The van der Waals surface area contributed by atoms with Crippen LogP contribution in [0.4, 0.5) is 8.78 Å². The standard InChI is InChI=1S/C29H29F2NO4.C4H10O.C2H6/c1-14-18-7-5-9-35-28(18)23(30)11-20(14)26-17(4)32-16(3)22(13-25(33)34)27(26)21-12-24(31)29-19(15(21)2)8-6-10-36-29;1-4(2,3)5;1-2/h11-12H,5-10,13H2,1-4H3,(H,33,34);5H,1-3H3;1-2H3. The van der Waals surface area contributed by atoms with Crippen molar-refractivity contribution in [3.63, 3.8) is 0 Å². The van der Waals surface area contributed by atoms with Crippen LogP contribution in [0.2, 0.25) is 0 Å². The number of benzene rings is 2. The van der Waals surface area contributed by atoms with Crippen LogP contribution in [0.3, 0.4) is 0 Å². The lowest BCUT2D eigenvalue weighted by Gasteiger charge is -2.27. The van der Waals surface area contributed by atoms with Crippen LogP contribution in [0, 0.1) is 39.3 Å². The summed E-state index contributed by atoms with van der Waals surface area (Å²) in [5, 5.41) is 18.3. The molecule has 2 aliphatic heterocycles. The molecule has 5 rings (SSSR count). The summed E-state index contributed by atoms with van der Waals surface area (Å²) in [6, 6.07) is 2.87. The number of carboxylic acids is 1. The molecule has 2 aliphatic rings. The number of aliphatic carboxylic acids is 1. The van der Waals surface area contributed by atoms with Crippen LogP contribution in [0.5, 0.6) is 11.5 Å². The molecule has 1 aromatic heterocycles. The predicted octanol–water partition coefficient (Wildman–Crippen LogP) is 8.01. The Morgan fingerprint density at radius 2 is 1.26 bits per heavy atom. The van der Waals surface area contributed by atoms with Gasteiger partial charge < -0.3 is 19.7 Å². The molecular formula is C35H45F2NO5. The summed E-state index contributed by atoms with van der Waals surface area (Å²) < 4.78 is 41.9. The van der Waals surface area contributed by atoms with Crippen molar-refractivity contribution in [1.29, 1.82) is 0 Å². The van der Waals surface area contributed by atoms with E-state index in [-0.39, 0.29) is 17.9 Å². The number of carboxylic acid groups (broad SMARTS) is 1. The number of nitrogens with zero attached hydrogens (tertiary/aromatic N) is 1. The van der Waals surface area contributed by atoms with E-state index in [1.54, 1.807) is 27.7 Å². The van der Waals surface area contributed by atoms with E-state index in [4.69, 9.17) is 14.6 Å². The average molecular weight is 598 g/mol. The van der Waals surface area contributed by atoms with Gasteiger partial charge in [0.2, 0.25) is 0 Å². The number of hydrogen-bond donors (Lipinski definition) is 2. The molecular weight excluding hydrogens is 552 g/mol. The summed E-state index contributed by atoms with van der Waals surface area (Å²) >= 11 is 0. The topological polar surface area (TPSA) is 88.9 Å². The number of rotatable bonds is 4. The highest BCUT2D eigenvalue weighted by atomic mass is 19.1. The molecule has 2 N–H and O–H groups in total. The fourth-order valence-corrected chi connectivity index (χ4v) is 5.72. The monoisotopic (exact) mass is 597 g/mol. The molecule has 0 unspecified atom stereocenters. The highest BCUT2D eigenvalue weighted by molar-refractivity contribution is 5.92. The van der Waals surface area contributed by atoms with Crippen LogP contribution in [0.1, 0.15) is 86.7 Å². The van der Waals surface area contributed by atoms with Gasteiger partial charge in [0.15, 0.2) is 23.1 Å². The Labute approximate surface area is 254 Å². The van der Waals surface area contributed by atoms with E-state index in [1.165, 1.54) is 12.1 Å². The zero-order valence-corrected chi connectivity index (χ0v) is 26.9. The van der Waals surface area contributed by atoms with E-state index in [0.29, 0.717) is 65.3 Å². The molecule has 0 spiro atoms. The SMILES string of the molecule is CC.CC(C)(C)O.Cc1nc(C)c(-c2cc(F)c3c(c2C)CCCO3)c(-c2cc(F)c3c(c2C)CCCO3)c1CC(=O)O. The van der Waals surface area contributed by atoms with Gasteiger partial charge in [-0.25, -0.2) is 8.78 Å². The molecule has 0 aliphatic carbocycles. The summed E-state index contributed by atoms with van der Waals surface area (Å²) in [7, 11) is 0. The lowest BCUT2D eigenvalue weighted by molar-refractivity contribution is -0.136. The number of fused-ring (bicyclic) bond motifs is 2. The highest BCUT2D eigenvalue weighted by Gasteiger charge is 2.29. The number of aryl methyl sites for hydroxylation is 2. The van der Waals surface area contributed by atoms with Gasteiger partial charge in [0, 0.05) is 28.1 Å². The first kappa shape index (κ1) is 34.0. The number of aromatic nitrogens is 1. The van der Waals surface area contributed by atoms with Crippen molar-refractivity contribution >= 4 is 5.97 Å². The van der Waals surface area contributed by atoms with E-state index in [2.05, 4.69) is 4.98 Å². The third-order valence-electron chi connectivity index (χ3n) is 7.42. The van der Waals surface area contributed by atoms with Crippen LogP contribution in [-0.4, -0.2) is 40.0 Å². The lowest BCUT2D eigenvalue weighted by atomic mass is 9.82. The number of halogens is 2. The lowest BCUT2D eigenvalue weighted by Crippen LogP contribution is -2.15. The Morgan fingerprint density at radius 3 is 1.67 bits per heavy atom. The van der Waals surface area contributed by atoms with Gasteiger partial charge in [-0.15, -0.1) is 0 Å². The first-order valence-electron chi connectivity index (χ1n) is 15.0. The third kappa shape index (κ3) is 7.53. The molecule has 43 heavy (non-hydrogen) atoms. The molecule has 234 valence electrons. The Hall–Kier alpha value is -3.52. The van der Waals surface area contributed by atoms with Gasteiger partial charge in [-0.2, -0.15) is 0 Å². The number of pyridine rings is 1. The number of ether oxygens (including phenoxy) is 2. The Kier molecular flexibility index (Phi) is 10.9. The second-order valence-electron chi connectivity index (χ2n) is 11.8. The van der Waals surface area contributed by atoms with Gasteiger partial charge in [0.05, 0.1) is 25.2 Å². The van der Waals surface area contributed by atoms with Crippen molar-refractivity contribution < 1.29 is 33.3 Å². The minimum absolute atomic E-state index is 0.263. The molecule has 0 saturated carbocycles. The quantitative estimate of drug-likeness (QED) is 0.317. The van der Waals surface area contributed by atoms with Crippen LogP contribution >= 0.6 is 0 Å². The van der Waals surface area contributed by atoms with Gasteiger partial charge in [0.25, 0.3) is 0 Å². The van der Waals surface area contributed by atoms with Crippen LogP contribution in [-0.2, 0) is 24.1 Å². The minimum Gasteiger partial charge on any atom is -0.490 e. The molecule has 8 heteroatoms. The fourth-order valence-electron chi connectivity index (χ4n) is 5.72. The van der Waals surface area contributed by atoms with Gasteiger partial charge in [0.1, 0.15) is 0 Å². The molecule has 0 bridgehead atoms. The molecule has 0 amide bonds. The van der Waals surface area contributed by atoms with Crippen molar-refractivity contribution in [1.82, 2.24) is 4.98 Å². The summed E-state index contributed by atoms with van der Waals surface area (Å²) in [4.78, 5) is 16.6. The number of hydrogen-bond acceptors (Lipinski definition) is 5. The van der Waals surface area contributed by atoms with Crippen molar-refractivity contribution in [2.75, 3.05) is 13.2 Å². The predicted molar refractivity (Wildman–Crippen MR) is 166 cm³/mol. The van der Waals surface area contributed by atoms with Crippen molar-refractivity contribution in [3.05, 3.63) is 63.0 Å². The normalized spacial score (nSPS) is 13.7. The molecule has 0 radical (unpaired) electrons. The van der Waals surface area contributed by atoms with E-state index in [1.807, 2.05) is 34.6 Å². The molecule has 3 heterocycles. The van der Waals surface area contributed by atoms with Crippen LogP contribution in [0.25, 0.3) is 22.3 Å². The van der Waals surface area contributed by atoms with Crippen molar-refractivity contribution in [2.45, 2.75) is 100 Å². The summed E-state index contributed by atoms with van der Waals surface area (Å²) in [5.41, 5.74) is 6.91. The molecule has 3 aromatic rings. The van der Waals surface area contributed by atoms with Gasteiger partial charge in [-0.1, -0.05) is 13.8 Å². The second kappa shape index (κ2) is 13.8. The van der Waals surface area contributed by atoms with Gasteiger partial charge >= 0.3 is 5.97 Å². The van der Waals surface area contributed by atoms with Crippen LogP contribution in [0.15, 0.2) is 12.1 Å². The molecule has 0 saturated heterocycles. The molecule has 2 aromatic carbocycles. The van der Waals surface area contributed by atoms with E-state index >= 15 is 8.78 Å². The second-order valence-corrected chi connectivity index (χ2v) is 11.8. The summed E-state index contributed by atoms with van der Waals surface area (Å²) in [6.07, 6.45) is 2.63. The smallest absolute Gasteiger partial charge is 0.307 e. The Balaban J connectivity index is 0.000000657. The maximum atomic E-state index is 15.4. The first-order valence-corrected chi connectivity index (χ1v) is 15.0. The first-order chi connectivity index (χ1) is 20.2. The van der Waals surface area contributed by atoms with Crippen molar-refractivity contribution in [2.24, 2.45) is 0 Å². The average Bonchev–Trinajstić information content (AvgIpc) is 2.94. The fraction of sp³-hybridized carbons (Fsp3) is 0.486. The zero-order valence-electron chi connectivity index (χ0n) is 26.9. The minimum atomic E-state index is -1.02. The number of aliphatic hydroxyl groups is 1. The maximum Gasteiger partial charge on any atom is 0.307 e. The molecule has 6 nitrogen and oxygen atoms in total. The van der Waals surface area contributed by atoms with Gasteiger partial charge in [-0.3, -0.25) is 9.78 Å². The molecule has 0 atom stereocenters. The van der Waals surface area contributed by atoms with E-state index in [9.17, 15) is 9.90 Å². The number of carbonyl (C=O) groups is 1. The Bertz CT molecular complexity index is 1500. The maximum absolute atomic E-state index is 15.4. The summed E-state index contributed by atoms with van der Waals surface area (Å²) in [5.74, 6) is -1.42. The van der Waals surface area contributed by atoms with E-state index < -0.39 is 23.2 Å². The molecule has 0 fully saturated rings. The highest BCUT2D eigenvalue weighted by Crippen LogP contribution is 2.46. The van der Waals surface area contributed by atoms with Crippen molar-refractivity contribution in [3.8, 4) is 33.8 Å².